The highest BCUT2D eigenvalue weighted by atomic mass is 35.5. The van der Waals surface area contributed by atoms with Crippen LogP contribution in [0.15, 0.2) is 61.2 Å². The van der Waals surface area contributed by atoms with Gasteiger partial charge < -0.3 is 25.2 Å². The number of likely N-dealkylation sites (N-methyl/N-ethyl adjacent to an activating group) is 1. The first-order valence-electron chi connectivity index (χ1n) is 12.7. The van der Waals surface area contributed by atoms with Crippen LogP contribution in [0, 0.1) is 0 Å². The van der Waals surface area contributed by atoms with Crippen molar-refractivity contribution in [1.29, 1.82) is 0 Å². The molecule has 5 heterocycles. The molecule has 0 aliphatic carbocycles. The Morgan fingerprint density at radius 1 is 1.11 bits per heavy atom. The SMILES string of the molecule is CCN1CCN(c2ccc(Nc3cc(-c4ccc5c(C(C)O)c[nH]c5c4)c(Cl)n4ccnc34)nc2)CC1. The van der Waals surface area contributed by atoms with Crippen molar-refractivity contribution in [3.05, 3.63) is 71.9 Å². The van der Waals surface area contributed by atoms with E-state index >= 15 is 0 Å². The summed E-state index contributed by atoms with van der Waals surface area (Å²) in [6.45, 7) is 9.27. The van der Waals surface area contributed by atoms with Crippen molar-refractivity contribution in [2.45, 2.75) is 20.0 Å². The van der Waals surface area contributed by atoms with E-state index in [1.54, 1.807) is 13.1 Å². The average molecular weight is 516 g/mol. The Labute approximate surface area is 220 Å². The number of aromatic amines is 1. The molecule has 1 aliphatic heterocycles. The van der Waals surface area contributed by atoms with Gasteiger partial charge in [0.25, 0.3) is 0 Å². The highest BCUT2D eigenvalue weighted by molar-refractivity contribution is 6.32. The van der Waals surface area contributed by atoms with Crippen molar-refractivity contribution in [3.8, 4) is 11.1 Å². The average Bonchev–Trinajstić information content (AvgIpc) is 3.59. The minimum Gasteiger partial charge on any atom is -0.389 e. The van der Waals surface area contributed by atoms with Crippen molar-refractivity contribution in [3.63, 3.8) is 0 Å². The van der Waals surface area contributed by atoms with Crippen LogP contribution in [0.3, 0.4) is 0 Å². The molecule has 9 heteroatoms. The van der Waals surface area contributed by atoms with Crippen LogP contribution in [0.1, 0.15) is 25.5 Å². The molecule has 6 rings (SSSR count). The molecule has 0 amide bonds. The second-order valence-corrected chi connectivity index (χ2v) is 9.87. The van der Waals surface area contributed by atoms with Crippen molar-refractivity contribution in [1.82, 2.24) is 24.3 Å². The molecule has 1 fully saturated rings. The van der Waals surface area contributed by atoms with Gasteiger partial charge in [-0.3, -0.25) is 4.40 Å². The standard InChI is InChI=1S/C28H30ClN7O/c1-3-34-10-12-35(13-11-34)20-5-7-26(32-16-20)33-25-15-22(27(29)36-9-8-30-28(25)36)19-4-6-21-23(18(2)37)17-31-24(21)14-19/h4-9,14-18,31,37H,3,10-13H2,1-2H3,(H,32,33). The van der Waals surface area contributed by atoms with Gasteiger partial charge in [0.15, 0.2) is 5.65 Å². The smallest absolute Gasteiger partial charge is 0.161 e. The number of H-pyrrole nitrogens is 1. The molecule has 1 saturated heterocycles. The highest BCUT2D eigenvalue weighted by Crippen LogP contribution is 2.36. The van der Waals surface area contributed by atoms with Crippen LogP contribution in [0.5, 0.6) is 0 Å². The zero-order chi connectivity index (χ0) is 25.5. The van der Waals surface area contributed by atoms with Crippen molar-refractivity contribution in [2.24, 2.45) is 0 Å². The number of imidazole rings is 1. The minimum atomic E-state index is -0.541. The third-order valence-corrected chi connectivity index (χ3v) is 7.66. The second kappa shape index (κ2) is 9.70. The maximum atomic E-state index is 10.1. The summed E-state index contributed by atoms with van der Waals surface area (Å²) in [5, 5.41) is 15.1. The van der Waals surface area contributed by atoms with E-state index in [0.717, 1.165) is 83.2 Å². The number of anilines is 3. The predicted octanol–water partition coefficient (Wildman–Crippen LogP) is 5.47. The van der Waals surface area contributed by atoms with Crippen molar-refractivity contribution < 1.29 is 5.11 Å². The molecule has 1 atom stereocenters. The highest BCUT2D eigenvalue weighted by Gasteiger charge is 2.18. The number of rotatable bonds is 6. The molecule has 190 valence electrons. The van der Waals surface area contributed by atoms with E-state index < -0.39 is 6.10 Å². The number of pyridine rings is 2. The largest absolute Gasteiger partial charge is 0.389 e. The van der Waals surface area contributed by atoms with Gasteiger partial charge in [0.2, 0.25) is 0 Å². The van der Waals surface area contributed by atoms with Crippen molar-refractivity contribution in [2.75, 3.05) is 42.9 Å². The molecule has 37 heavy (non-hydrogen) atoms. The Hall–Kier alpha value is -3.59. The summed E-state index contributed by atoms with van der Waals surface area (Å²) in [5.41, 5.74) is 6.34. The maximum Gasteiger partial charge on any atom is 0.161 e. The molecule has 1 unspecified atom stereocenters. The van der Waals surface area contributed by atoms with Crippen molar-refractivity contribution >= 4 is 45.3 Å². The third-order valence-electron chi connectivity index (χ3n) is 7.27. The summed E-state index contributed by atoms with van der Waals surface area (Å²) in [5.74, 6) is 0.746. The maximum absolute atomic E-state index is 10.1. The van der Waals surface area contributed by atoms with E-state index in [4.69, 9.17) is 16.6 Å². The fraction of sp³-hybridized carbons (Fsp3) is 0.286. The first-order chi connectivity index (χ1) is 18.0. The number of fused-ring (bicyclic) bond motifs is 2. The zero-order valence-corrected chi connectivity index (χ0v) is 21.7. The van der Waals surface area contributed by atoms with Gasteiger partial charge in [-0.2, -0.15) is 0 Å². The Bertz CT molecular complexity index is 1550. The topological polar surface area (TPSA) is 84.7 Å². The summed E-state index contributed by atoms with van der Waals surface area (Å²) in [6.07, 6.45) is 6.85. The molecule has 0 bridgehead atoms. The number of benzene rings is 1. The lowest BCUT2D eigenvalue weighted by Crippen LogP contribution is -2.46. The second-order valence-electron chi connectivity index (χ2n) is 9.51. The summed E-state index contributed by atoms with van der Waals surface area (Å²) < 4.78 is 1.88. The van der Waals surface area contributed by atoms with Gasteiger partial charge in [-0.1, -0.05) is 30.7 Å². The minimum absolute atomic E-state index is 0.541. The van der Waals surface area contributed by atoms with E-state index in [-0.39, 0.29) is 0 Å². The van der Waals surface area contributed by atoms with E-state index in [9.17, 15) is 5.11 Å². The molecule has 5 aromatic rings. The predicted molar refractivity (Wildman–Crippen MR) is 150 cm³/mol. The number of nitrogens with one attached hydrogen (secondary N) is 2. The van der Waals surface area contributed by atoms with Crippen LogP contribution < -0.4 is 10.2 Å². The molecule has 1 aromatic carbocycles. The van der Waals surface area contributed by atoms with Crippen LogP contribution >= 0.6 is 11.6 Å². The fourth-order valence-electron chi connectivity index (χ4n) is 5.12. The number of nitrogens with zero attached hydrogens (tertiary/aromatic N) is 5. The molecule has 1 aliphatic rings. The summed E-state index contributed by atoms with van der Waals surface area (Å²) in [7, 11) is 0. The van der Waals surface area contributed by atoms with Crippen LogP contribution in [0.25, 0.3) is 27.7 Å². The normalized spacial score (nSPS) is 15.5. The molecule has 0 saturated carbocycles. The summed E-state index contributed by atoms with van der Waals surface area (Å²) in [6, 6.07) is 12.3. The summed E-state index contributed by atoms with van der Waals surface area (Å²) >= 11 is 6.85. The lowest BCUT2D eigenvalue weighted by Gasteiger charge is -2.35. The van der Waals surface area contributed by atoms with Gasteiger partial charge in [-0.25, -0.2) is 9.97 Å². The first kappa shape index (κ1) is 23.8. The third kappa shape index (κ3) is 4.41. The van der Waals surface area contributed by atoms with Gasteiger partial charge in [-0.05, 0) is 43.3 Å². The molecular formula is C28H30ClN7O. The number of aliphatic hydroxyl groups excluding tert-OH is 1. The number of hydrogen-bond donors (Lipinski definition) is 3. The Morgan fingerprint density at radius 2 is 1.95 bits per heavy atom. The number of aliphatic hydroxyl groups is 1. The molecular weight excluding hydrogens is 486 g/mol. The molecule has 0 radical (unpaired) electrons. The van der Waals surface area contributed by atoms with Crippen LogP contribution in [0.4, 0.5) is 17.2 Å². The van der Waals surface area contributed by atoms with Crippen LogP contribution in [0.2, 0.25) is 5.15 Å². The monoisotopic (exact) mass is 515 g/mol. The van der Waals surface area contributed by atoms with E-state index in [2.05, 4.69) is 44.1 Å². The van der Waals surface area contributed by atoms with Gasteiger partial charge in [0, 0.05) is 66.8 Å². The molecule has 0 spiro atoms. The Kier molecular flexibility index (Phi) is 6.24. The number of hydrogen-bond acceptors (Lipinski definition) is 6. The van der Waals surface area contributed by atoms with Gasteiger partial charge in [0.1, 0.15) is 11.0 Å². The lowest BCUT2D eigenvalue weighted by molar-refractivity contribution is 0.201. The van der Waals surface area contributed by atoms with E-state index in [0.29, 0.717) is 5.15 Å². The lowest BCUT2D eigenvalue weighted by atomic mass is 10.0. The summed E-state index contributed by atoms with van der Waals surface area (Å²) in [4.78, 5) is 17.3. The van der Waals surface area contributed by atoms with Crippen LogP contribution in [-0.4, -0.2) is 62.1 Å². The zero-order valence-electron chi connectivity index (χ0n) is 20.9. The first-order valence-corrected chi connectivity index (χ1v) is 13.0. The number of piperazine rings is 1. The quantitative estimate of drug-likeness (QED) is 0.260. The number of halogens is 1. The Balaban J connectivity index is 1.31. The van der Waals surface area contributed by atoms with E-state index in [1.165, 1.54) is 0 Å². The fourth-order valence-corrected chi connectivity index (χ4v) is 5.42. The molecule has 4 aromatic heterocycles. The van der Waals surface area contributed by atoms with Gasteiger partial charge in [-0.15, -0.1) is 0 Å². The number of aromatic nitrogens is 4. The van der Waals surface area contributed by atoms with Gasteiger partial charge >= 0.3 is 0 Å². The molecule has 8 nitrogen and oxygen atoms in total. The Morgan fingerprint density at radius 3 is 2.68 bits per heavy atom. The van der Waals surface area contributed by atoms with E-state index in [1.807, 2.05) is 47.3 Å². The molecule has 3 N–H and O–H groups in total. The van der Waals surface area contributed by atoms with Crippen LogP contribution in [-0.2, 0) is 0 Å². The van der Waals surface area contributed by atoms with Gasteiger partial charge in [0.05, 0.1) is 23.7 Å².